The van der Waals surface area contributed by atoms with Crippen molar-refractivity contribution in [1.82, 2.24) is 20.3 Å². The second-order valence-electron chi connectivity index (χ2n) is 9.17. The average molecular weight is 478 g/mol. The fraction of sp³-hybridized carbons (Fsp3) is 0.375. The number of nitrogens with zero attached hydrogens (tertiary/aromatic N) is 3. The number of hydrogen-bond donors (Lipinski definition) is 2. The number of esters is 1. The van der Waals surface area contributed by atoms with Crippen LogP contribution in [0.25, 0.3) is 11.3 Å². The van der Waals surface area contributed by atoms with E-state index in [-0.39, 0.29) is 36.9 Å². The Morgan fingerprint density at radius 2 is 2.06 bits per heavy atom. The molecule has 2 aromatic heterocycles. The highest BCUT2D eigenvalue weighted by atomic mass is 16.6. The molecule has 3 aliphatic heterocycles. The molecule has 3 fully saturated rings. The topological polar surface area (TPSA) is 146 Å². The molecule has 3 aliphatic rings. The van der Waals surface area contributed by atoms with Crippen LogP contribution >= 0.6 is 0 Å². The third-order valence-corrected chi connectivity index (χ3v) is 7.11. The first-order valence-electron chi connectivity index (χ1n) is 11.3. The first kappa shape index (κ1) is 21.5. The molecule has 5 heterocycles. The van der Waals surface area contributed by atoms with Crippen molar-refractivity contribution >= 4 is 17.8 Å². The van der Waals surface area contributed by atoms with Crippen LogP contribution in [0.1, 0.15) is 34.5 Å². The normalized spacial score (nSPS) is 26.5. The van der Waals surface area contributed by atoms with Crippen molar-refractivity contribution in [2.75, 3.05) is 6.61 Å². The van der Waals surface area contributed by atoms with Crippen LogP contribution in [-0.4, -0.2) is 56.3 Å². The number of fused-ring (bicyclic) bond motifs is 1. The Bertz CT molecular complexity index is 1310. The van der Waals surface area contributed by atoms with E-state index in [2.05, 4.69) is 15.6 Å². The van der Waals surface area contributed by atoms with Crippen LogP contribution in [0.15, 0.2) is 47.2 Å². The van der Waals surface area contributed by atoms with E-state index >= 15 is 0 Å². The fourth-order valence-corrected chi connectivity index (χ4v) is 5.42. The molecule has 1 aromatic carbocycles. The standard InChI is InChI=1S/C24H22N4O7/c29-21(18-17-5-7-24(35-17)12-34-23(32)19(18)24)25-9-13-1-3-14(4-2-13)16-11-28(27-26-16)10-15-6-8-33-20(15)22(30)31/h1-4,6,8,11,17-19H,5,7,9-10,12H2,(H,25,29)(H,30,31)/t17-,18-,19+,24-/m1/s1. The molecular weight excluding hydrogens is 456 g/mol. The van der Waals surface area contributed by atoms with Gasteiger partial charge in [-0.25, -0.2) is 9.48 Å². The Kier molecular flexibility index (Phi) is 4.95. The summed E-state index contributed by atoms with van der Waals surface area (Å²) in [4.78, 5) is 36.3. The van der Waals surface area contributed by atoms with Gasteiger partial charge in [0.15, 0.2) is 0 Å². The second kappa shape index (κ2) is 8.05. The number of benzene rings is 1. The van der Waals surface area contributed by atoms with Crippen LogP contribution in [0, 0.1) is 11.8 Å². The summed E-state index contributed by atoms with van der Waals surface area (Å²) in [6.07, 6.45) is 4.34. The fourth-order valence-electron chi connectivity index (χ4n) is 5.42. The van der Waals surface area contributed by atoms with Crippen LogP contribution in [0.2, 0.25) is 0 Å². The average Bonchev–Trinajstić information content (AvgIpc) is 3.67. The van der Waals surface area contributed by atoms with Crippen molar-refractivity contribution in [3.63, 3.8) is 0 Å². The van der Waals surface area contributed by atoms with Gasteiger partial charge in [0, 0.05) is 17.7 Å². The zero-order valence-electron chi connectivity index (χ0n) is 18.5. The summed E-state index contributed by atoms with van der Waals surface area (Å²) < 4.78 is 17.7. The van der Waals surface area contributed by atoms with E-state index in [1.165, 1.54) is 6.26 Å². The van der Waals surface area contributed by atoms with Gasteiger partial charge >= 0.3 is 11.9 Å². The number of carboxylic acids is 1. The van der Waals surface area contributed by atoms with Gasteiger partial charge in [-0.3, -0.25) is 9.59 Å². The smallest absolute Gasteiger partial charge is 0.372 e. The monoisotopic (exact) mass is 478 g/mol. The van der Waals surface area contributed by atoms with Gasteiger partial charge in [0.05, 0.1) is 31.0 Å². The van der Waals surface area contributed by atoms with Crippen LogP contribution in [0.3, 0.4) is 0 Å². The molecule has 0 saturated carbocycles. The lowest BCUT2D eigenvalue weighted by molar-refractivity contribution is -0.146. The van der Waals surface area contributed by atoms with Crippen molar-refractivity contribution in [1.29, 1.82) is 0 Å². The SMILES string of the molecule is O=C(O)c1occc1Cn1cc(-c2ccc(CNC(=O)[C@H]3[C@H]4C(=O)OC[C@]45CC[C@H]3O5)cc2)nn1. The summed E-state index contributed by atoms with van der Waals surface area (Å²) in [7, 11) is 0. The molecule has 2 bridgehead atoms. The zero-order chi connectivity index (χ0) is 24.2. The predicted molar refractivity (Wildman–Crippen MR) is 117 cm³/mol. The van der Waals surface area contributed by atoms with E-state index in [1.807, 2.05) is 24.3 Å². The lowest BCUT2D eigenvalue weighted by atomic mass is 9.73. The molecule has 11 heteroatoms. The van der Waals surface area contributed by atoms with E-state index < -0.39 is 23.4 Å². The first-order valence-corrected chi connectivity index (χ1v) is 11.3. The Morgan fingerprint density at radius 3 is 2.86 bits per heavy atom. The number of hydrogen-bond acceptors (Lipinski definition) is 8. The lowest BCUT2D eigenvalue weighted by Crippen LogP contribution is -2.45. The molecule has 4 atom stereocenters. The highest BCUT2D eigenvalue weighted by Gasteiger charge is 2.68. The Balaban J connectivity index is 1.08. The predicted octanol–water partition coefficient (Wildman–Crippen LogP) is 1.62. The Morgan fingerprint density at radius 1 is 1.23 bits per heavy atom. The van der Waals surface area contributed by atoms with Crippen molar-refractivity contribution in [2.45, 2.75) is 37.6 Å². The number of carbonyl (C=O) groups is 3. The molecule has 180 valence electrons. The van der Waals surface area contributed by atoms with Crippen LogP contribution in [0.5, 0.6) is 0 Å². The molecule has 2 N–H and O–H groups in total. The van der Waals surface area contributed by atoms with Gasteiger partial charge in [0.25, 0.3) is 0 Å². The quantitative estimate of drug-likeness (QED) is 0.484. The molecule has 1 amide bonds. The third kappa shape index (κ3) is 3.59. The molecule has 0 unspecified atom stereocenters. The van der Waals surface area contributed by atoms with Gasteiger partial charge in [0.2, 0.25) is 11.7 Å². The van der Waals surface area contributed by atoms with E-state index in [4.69, 9.17) is 19.0 Å². The Labute approximate surface area is 199 Å². The number of nitrogens with one attached hydrogen (secondary N) is 1. The molecule has 1 spiro atoms. The molecule has 35 heavy (non-hydrogen) atoms. The number of amides is 1. The van der Waals surface area contributed by atoms with Crippen LogP contribution in [-0.2, 0) is 32.2 Å². The second-order valence-corrected chi connectivity index (χ2v) is 9.17. The first-order chi connectivity index (χ1) is 16.9. The highest BCUT2D eigenvalue weighted by Crippen LogP contribution is 2.54. The third-order valence-electron chi connectivity index (χ3n) is 7.11. The van der Waals surface area contributed by atoms with Gasteiger partial charge in [-0.1, -0.05) is 29.5 Å². The number of carbonyl (C=O) groups excluding carboxylic acids is 2. The number of cyclic esters (lactones) is 1. The summed E-state index contributed by atoms with van der Waals surface area (Å²) in [5.74, 6) is -2.80. The van der Waals surface area contributed by atoms with E-state index in [1.54, 1.807) is 16.9 Å². The minimum atomic E-state index is -1.14. The largest absolute Gasteiger partial charge is 0.475 e. The molecule has 3 saturated heterocycles. The summed E-state index contributed by atoms with van der Waals surface area (Å²) in [6, 6.07) is 9.11. The summed E-state index contributed by atoms with van der Waals surface area (Å²) in [6.45, 7) is 0.783. The van der Waals surface area contributed by atoms with Crippen LogP contribution < -0.4 is 5.32 Å². The van der Waals surface area contributed by atoms with E-state index in [0.717, 1.165) is 24.0 Å². The number of rotatable bonds is 7. The number of carboxylic acid groups (broad SMARTS) is 1. The molecule has 0 aliphatic carbocycles. The van der Waals surface area contributed by atoms with Crippen molar-refractivity contribution in [2.24, 2.45) is 11.8 Å². The lowest BCUT2D eigenvalue weighted by Gasteiger charge is -2.25. The van der Waals surface area contributed by atoms with Gasteiger partial charge < -0.3 is 24.3 Å². The molecule has 6 rings (SSSR count). The molecule has 0 radical (unpaired) electrons. The van der Waals surface area contributed by atoms with Crippen molar-refractivity contribution in [3.05, 3.63) is 59.7 Å². The summed E-state index contributed by atoms with van der Waals surface area (Å²) in [5.41, 5.74) is 2.24. The summed E-state index contributed by atoms with van der Waals surface area (Å²) >= 11 is 0. The number of aromatic carboxylic acids is 1. The highest BCUT2D eigenvalue weighted by molar-refractivity contribution is 5.89. The van der Waals surface area contributed by atoms with Crippen molar-refractivity contribution in [3.8, 4) is 11.3 Å². The van der Waals surface area contributed by atoms with Crippen molar-refractivity contribution < 1.29 is 33.4 Å². The van der Waals surface area contributed by atoms with E-state index in [9.17, 15) is 14.4 Å². The maximum Gasteiger partial charge on any atom is 0.372 e. The maximum atomic E-state index is 12.9. The minimum Gasteiger partial charge on any atom is -0.475 e. The number of aromatic nitrogens is 3. The maximum absolute atomic E-state index is 12.9. The minimum absolute atomic E-state index is 0.120. The zero-order valence-corrected chi connectivity index (χ0v) is 18.5. The van der Waals surface area contributed by atoms with E-state index in [0.29, 0.717) is 17.8 Å². The number of furan rings is 1. The van der Waals surface area contributed by atoms with Gasteiger partial charge in [-0.05, 0) is 24.5 Å². The van der Waals surface area contributed by atoms with Gasteiger partial charge in [0.1, 0.15) is 23.8 Å². The summed E-state index contributed by atoms with van der Waals surface area (Å²) in [5, 5.41) is 20.3. The van der Waals surface area contributed by atoms with Crippen LogP contribution in [0.4, 0.5) is 0 Å². The van der Waals surface area contributed by atoms with Gasteiger partial charge in [-0.15, -0.1) is 5.10 Å². The molecule has 11 nitrogen and oxygen atoms in total. The molecular formula is C24H22N4O7. The Hall–Kier alpha value is -3.99. The van der Waals surface area contributed by atoms with Gasteiger partial charge in [-0.2, -0.15) is 0 Å². The number of ether oxygens (including phenoxy) is 2. The molecule has 3 aromatic rings.